The Morgan fingerprint density at radius 2 is 1.58 bits per heavy atom. The van der Waals surface area contributed by atoms with E-state index in [9.17, 15) is 18.7 Å². The molecule has 26 heavy (non-hydrogen) atoms. The molecule has 0 atom stereocenters. The van der Waals surface area contributed by atoms with Crippen molar-refractivity contribution in [2.75, 3.05) is 10.9 Å². The summed E-state index contributed by atoms with van der Waals surface area (Å²) in [6.07, 6.45) is 0. The Bertz CT molecular complexity index is 930. The Balaban J connectivity index is 1.67. The van der Waals surface area contributed by atoms with Crippen LogP contribution in [0.15, 0.2) is 66.7 Å². The molecule has 0 bridgehead atoms. The van der Waals surface area contributed by atoms with E-state index in [1.54, 1.807) is 48.5 Å². The second kappa shape index (κ2) is 7.62. The molecule has 0 aliphatic heterocycles. The summed E-state index contributed by atoms with van der Waals surface area (Å²) in [5.41, 5.74) is 10.1. The molecule has 0 fully saturated rings. The number of rotatable bonds is 6. The van der Waals surface area contributed by atoms with E-state index < -0.39 is 17.6 Å². The average molecular weight is 355 g/mol. The van der Waals surface area contributed by atoms with Gasteiger partial charge in [0.25, 0.3) is 0 Å². The summed E-state index contributed by atoms with van der Waals surface area (Å²) < 4.78 is 26.6. The molecule has 0 aliphatic rings. The van der Waals surface area contributed by atoms with Crippen molar-refractivity contribution in [2.45, 2.75) is 0 Å². The van der Waals surface area contributed by atoms with Crippen molar-refractivity contribution in [1.82, 2.24) is 5.53 Å². The van der Waals surface area contributed by atoms with Crippen molar-refractivity contribution in [3.05, 3.63) is 83.9 Å². The van der Waals surface area contributed by atoms with E-state index in [4.69, 9.17) is 0 Å². The van der Waals surface area contributed by atoms with E-state index >= 15 is 0 Å². The number of anilines is 2. The first kappa shape index (κ1) is 17.4. The highest BCUT2D eigenvalue weighted by molar-refractivity contribution is 5.96. The molecule has 5 nitrogen and oxygen atoms in total. The van der Waals surface area contributed by atoms with Crippen molar-refractivity contribution in [3.63, 3.8) is 0 Å². The van der Waals surface area contributed by atoms with E-state index in [0.717, 1.165) is 11.6 Å². The van der Waals surface area contributed by atoms with Crippen LogP contribution in [0.3, 0.4) is 0 Å². The number of carbonyl (C=O) groups is 1. The number of carboxylic acid groups (broad SMARTS) is 1. The van der Waals surface area contributed by atoms with Crippen LogP contribution in [0, 0.1) is 11.6 Å². The molecule has 4 N–H and O–H groups in total. The topological polar surface area (TPSA) is 73.4 Å². The van der Waals surface area contributed by atoms with Crippen molar-refractivity contribution in [3.8, 4) is 11.1 Å². The SMILES string of the molecule is O=C(O)c1ccccc1-c1ccc(NNNc2cccc(F)c2F)cc1. The number of hydrogen-bond donors (Lipinski definition) is 4. The molecule has 3 aromatic carbocycles. The lowest BCUT2D eigenvalue weighted by Gasteiger charge is -2.12. The third-order valence-electron chi connectivity index (χ3n) is 3.71. The molecule has 0 radical (unpaired) electrons. The minimum atomic E-state index is -0.995. The molecule has 0 saturated heterocycles. The lowest BCUT2D eigenvalue weighted by Crippen LogP contribution is -2.28. The van der Waals surface area contributed by atoms with Crippen molar-refractivity contribution in [2.24, 2.45) is 0 Å². The number of hydrazine groups is 2. The van der Waals surface area contributed by atoms with Gasteiger partial charge < -0.3 is 16.0 Å². The van der Waals surface area contributed by atoms with E-state index in [1.807, 2.05) is 0 Å². The van der Waals surface area contributed by atoms with Crippen molar-refractivity contribution in [1.29, 1.82) is 0 Å². The number of aromatic carboxylic acids is 1. The maximum Gasteiger partial charge on any atom is 0.336 e. The van der Waals surface area contributed by atoms with Crippen LogP contribution in [0.1, 0.15) is 10.4 Å². The predicted octanol–water partition coefficient (Wildman–Crippen LogP) is 4.27. The van der Waals surface area contributed by atoms with Crippen LogP contribution < -0.4 is 16.4 Å². The fraction of sp³-hybridized carbons (Fsp3) is 0. The first-order valence-corrected chi connectivity index (χ1v) is 7.70. The Morgan fingerprint density at radius 1 is 0.846 bits per heavy atom. The lowest BCUT2D eigenvalue weighted by molar-refractivity contribution is 0.0697. The van der Waals surface area contributed by atoms with Crippen LogP contribution in [-0.4, -0.2) is 11.1 Å². The summed E-state index contributed by atoms with van der Waals surface area (Å²) in [5.74, 6) is -2.92. The molecule has 0 aliphatic carbocycles. The smallest absolute Gasteiger partial charge is 0.336 e. The highest BCUT2D eigenvalue weighted by Crippen LogP contribution is 2.25. The van der Waals surface area contributed by atoms with Crippen LogP contribution in [0.4, 0.5) is 20.2 Å². The highest BCUT2D eigenvalue weighted by atomic mass is 19.2. The zero-order valence-electron chi connectivity index (χ0n) is 13.5. The summed E-state index contributed by atoms with van der Waals surface area (Å²) in [6, 6.07) is 17.5. The summed E-state index contributed by atoms with van der Waals surface area (Å²) >= 11 is 0. The average Bonchev–Trinajstić information content (AvgIpc) is 2.66. The number of nitrogens with one attached hydrogen (secondary N) is 3. The van der Waals surface area contributed by atoms with E-state index in [1.165, 1.54) is 12.1 Å². The van der Waals surface area contributed by atoms with E-state index in [2.05, 4.69) is 16.4 Å². The number of carboxylic acids is 1. The summed E-state index contributed by atoms with van der Waals surface area (Å²) in [6.45, 7) is 0. The second-order valence-corrected chi connectivity index (χ2v) is 5.40. The summed E-state index contributed by atoms with van der Waals surface area (Å²) in [7, 11) is 0. The number of hydrogen-bond acceptors (Lipinski definition) is 4. The standard InChI is InChI=1S/C19H15F2N3O2/c20-16-6-3-7-17(18(16)21)23-24-22-13-10-8-12(9-11-13)14-4-1-2-5-15(14)19(25)26/h1-11,22-24H,(H,25,26). The molecule has 0 amide bonds. The molecule has 0 spiro atoms. The maximum absolute atomic E-state index is 13.5. The third kappa shape index (κ3) is 3.79. The van der Waals surface area contributed by atoms with Crippen LogP contribution >= 0.6 is 0 Å². The van der Waals surface area contributed by atoms with Gasteiger partial charge in [0.15, 0.2) is 11.6 Å². The quantitative estimate of drug-likeness (QED) is 0.497. The van der Waals surface area contributed by atoms with E-state index in [0.29, 0.717) is 11.3 Å². The van der Waals surface area contributed by atoms with Gasteiger partial charge in [-0.2, -0.15) is 0 Å². The van der Waals surface area contributed by atoms with E-state index in [-0.39, 0.29) is 11.3 Å². The summed E-state index contributed by atoms with van der Waals surface area (Å²) in [4.78, 5) is 11.3. The van der Waals surface area contributed by atoms with Gasteiger partial charge in [-0.3, -0.25) is 0 Å². The van der Waals surface area contributed by atoms with Crippen LogP contribution in [0.2, 0.25) is 0 Å². The normalized spacial score (nSPS) is 10.4. The molecule has 132 valence electrons. The zero-order valence-corrected chi connectivity index (χ0v) is 13.5. The fourth-order valence-electron chi connectivity index (χ4n) is 2.43. The van der Waals surface area contributed by atoms with Gasteiger partial charge in [-0.25, -0.2) is 13.6 Å². The van der Waals surface area contributed by atoms with Crippen LogP contribution in [0.5, 0.6) is 0 Å². The molecule has 3 rings (SSSR count). The predicted molar refractivity (Wildman–Crippen MR) is 95.6 cm³/mol. The van der Waals surface area contributed by atoms with Gasteiger partial charge in [0, 0.05) is 0 Å². The van der Waals surface area contributed by atoms with Gasteiger partial charge in [-0.1, -0.05) is 36.4 Å². The summed E-state index contributed by atoms with van der Waals surface area (Å²) in [5, 5.41) is 9.26. The first-order chi connectivity index (χ1) is 12.6. The molecular formula is C19H15F2N3O2. The lowest BCUT2D eigenvalue weighted by atomic mass is 10.00. The molecule has 3 aromatic rings. The van der Waals surface area contributed by atoms with Gasteiger partial charge in [0.05, 0.1) is 16.9 Å². The molecule has 0 heterocycles. The molecule has 7 heteroatoms. The number of halogens is 2. The van der Waals surface area contributed by atoms with Crippen LogP contribution in [-0.2, 0) is 0 Å². The molecular weight excluding hydrogens is 340 g/mol. The molecule has 0 aromatic heterocycles. The largest absolute Gasteiger partial charge is 0.478 e. The van der Waals surface area contributed by atoms with Crippen LogP contribution in [0.25, 0.3) is 11.1 Å². The Morgan fingerprint density at radius 3 is 2.31 bits per heavy atom. The van der Waals surface area contributed by atoms with Gasteiger partial charge >= 0.3 is 5.97 Å². The Hall–Kier alpha value is -3.45. The first-order valence-electron chi connectivity index (χ1n) is 7.70. The molecule has 0 saturated carbocycles. The fourth-order valence-corrected chi connectivity index (χ4v) is 2.43. The van der Waals surface area contributed by atoms with Gasteiger partial charge in [0.1, 0.15) is 0 Å². The van der Waals surface area contributed by atoms with Gasteiger partial charge in [-0.05, 0) is 41.5 Å². The second-order valence-electron chi connectivity index (χ2n) is 5.40. The van der Waals surface area contributed by atoms with Gasteiger partial charge in [-0.15, -0.1) is 5.53 Å². The maximum atomic E-state index is 13.5. The zero-order chi connectivity index (χ0) is 18.5. The number of benzene rings is 3. The third-order valence-corrected chi connectivity index (χ3v) is 3.71. The van der Waals surface area contributed by atoms with Crippen molar-refractivity contribution >= 4 is 17.3 Å². The minimum absolute atomic E-state index is 0.0375. The Labute approximate surface area is 148 Å². The Kier molecular flexibility index (Phi) is 5.09. The highest BCUT2D eigenvalue weighted by Gasteiger charge is 2.10. The monoisotopic (exact) mass is 355 g/mol. The minimum Gasteiger partial charge on any atom is -0.478 e. The molecule has 0 unspecified atom stereocenters. The van der Waals surface area contributed by atoms with Crippen molar-refractivity contribution < 1.29 is 18.7 Å². The van der Waals surface area contributed by atoms with Gasteiger partial charge in [0.2, 0.25) is 0 Å².